The van der Waals surface area contributed by atoms with E-state index in [1.54, 1.807) is 0 Å². The largest absolute Gasteiger partial charge is 0.141 e. The molecule has 0 amide bonds. The van der Waals surface area contributed by atoms with Crippen LogP contribution in [0.5, 0.6) is 0 Å². The summed E-state index contributed by atoms with van der Waals surface area (Å²) >= 11 is 8.30. The lowest BCUT2D eigenvalue weighted by atomic mass is 9.86. The summed E-state index contributed by atoms with van der Waals surface area (Å²) in [6.45, 7) is 0. The van der Waals surface area contributed by atoms with E-state index >= 15 is 0 Å². The Hall–Kier alpha value is -1.96. The quantitative estimate of drug-likeness (QED) is 0.460. The van der Waals surface area contributed by atoms with Gasteiger partial charge < -0.3 is 0 Å². The predicted octanol–water partition coefficient (Wildman–Crippen LogP) is 6.78. The zero-order valence-corrected chi connectivity index (χ0v) is 15.3. The van der Waals surface area contributed by atoms with E-state index in [4.69, 9.17) is 11.6 Å². The summed E-state index contributed by atoms with van der Waals surface area (Å²) in [6.07, 6.45) is 3.37. The molecule has 0 atom stereocenters. The average Bonchev–Trinajstić information content (AvgIpc) is 2.93. The van der Waals surface area contributed by atoms with E-state index in [-0.39, 0.29) is 4.75 Å². The predicted molar refractivity (Wildman–Crippen MR) is 109 cm³/mol. The van der Waals surface area contributed by atoms with Gasteiger partial charge >= 0.3 is 0 Å². The van der Waals surface area contributed by atoms with Crippen LogP contribution in [0.25, 0.3) is 16.7 Å². The van der Waals surface area contributed by atoms with E-state index in [2.05, 4.69) is 78.5 Å². The summed E-state index contributed by atoms with van der Waals surface area (Å²) < 4.78 is 0.0135. The first kappa shape index (κ1) is 15.3. The Morgan fingerprint density at radius 3 is 2.16 bits per heavy atom. The van der Waals surface area contributed by atoms with Crippen LogP contribution in [-0.4, -0.2) is 5.75 Å². The number of fused-ring (bicyclic) bond motifs is 5. The molecule has 0 saturated carbocycles. The van der Waals surface area contributed by atoms with Gasteiger partial charge in [0, 0.05) is 10.8 Å². The minimum absolute atomic E-state index is 0.0135. The first-order valence-electron chi connectivity index (χ1n) is 8.56. The molecule has 3 aromatic rings. The van der Waals surface area contributed by atoms with Crippen molar-refractivity contribution in [2.75, 3.05) is 5.75 Å². The number of hydrogen-bond acceptors (Lipinski definition) is 1. The molecule has 5 rings (SSSR count). The van der Waals surface area contributed by atoms with Crippen molar-refractivity contribution >= 4 is 28.9 Å². The molecule has 0 unspecified atom stereocenters. The second-order valence-electron chi connectivity index (χ2n) is 6.65. The van der Waals surface area contributed by atoms with Gasteiger partial charge in [0.15, 0.2) is 0 Å². The normalized spacial score (nSPS) is 17.1. The Balaban J connectivity index is 1.68. The lowest BCUT2D eigenvalue weighted by Crippen LogP contribution is -2.24. The van der Waals surface area contributed by atoms with Crippen molar-refractivity contribution < 1.29 is 0 Å². The van der Waals surface area contributed by atoms with E-state index in [0.717, 1.165) is 17.2 Å². The van der Waals surface area contributed by atoms with Gasteiger partial charge in [-0.3, -0.25) is 0 Å². The molecular weight excluding hydrogens is 344 g/mol. The number of thioether (sulfide) groups is 1. The monoisotopic (exact) mass is 360 g/mol. The van der Waals surface area contributed by atoms with Gasteiger partial charge in [-0.1, -0.05) is 78.3 Å². The molecule has 122 valence electrons. The van der Waals surface area contributed by atoms with Gasteiger partial charge in [-0.05, 0) is 51.9 Å². The minimum Gasteiger partial charge on any atom is -0.141 e. The summed E-state index contributed by atoms with van der Waals surface area (Å²) in [5.74, 6) is 1.02. The molecule has 1 heterocycles. The third-order valence-electron chi connectivity index (χ3n) is 5.31. The number of halogens is 1. The average molecular weight is 361 g/mol. The number of benzene rings is 3. The molecular formula is C23H17ClS. The number of rotatable bonds is 1. The van der Waals surface area contributed by atoms with Crippen molar-refractivity contribution in [2.24, 2.45) is 0 Å². The van der Waals surface area contributed by atoms with Gasteiger partial charge in [0.25, 0.3) is 0 Å². The zero-order valence-electron chi connectivity index (χ0n) is 13.7. The smallest absolute Gasteiger partial charge is 0.0712 e. The lowest BCUT2D eigenvalue weighted by Gasteiger charge is -2.35. The molecule has 25 heavy (non-hydrogen) atoms. The van der Waals surface area contributed by atoms with Crippen molar-refractivity contribution in [3.8, 4) is 11.1 Å². The molecule has 1 aliphatic carbocycles. The van der Waals surface area contributed by atoms with Gasteiger partial charge in [-0.25, -0.2) is 0 Å². The zero-order chi connectivity index (χ0) is 16.9. The van der Waals surface area contributed by atoms with Gasteiger partial charge in [0.2, 0.25) is 0 Å². The molecule has 0 aromatic heterocycles. The Bertz CT molecular complexity index is 957. The summed E-state index contributed by atoms with van der Waals surface area (Å²) in [5.41, 5.74) is 8.32. The Kier molecular flexibility index (Phi) is 3.55. The van der Waals surface area contributed by atoms with Gasteiger partial charge in [-0.15, -0.1) is 11.8 Å². The fourth-order valence-electron chi connectivity index (χ4n) is 4.22. The molecule has 0 N–H and O–H groups in total. The lowest BCUT2D eigenvalue weighted by molar-refractivity contribution is 0.783. The molecule has 0 radical (unpaired) electrons. The van der Waals surface area contributed by atoms with Crippen molar-refractivity contribution in [3.05, 3.63) is 101 Å². The van der Waals surface area contributed by atoms with E-state index in [1.807, 2.05) is 12.1 Å². The second kappa shape index (κ2) is 5.79. The summed E-state index contributed by atoms with van der Waals surface area (Å²) in [7, 11) is 0. The Morgan fingerprint density at radius 1 is 0.800 bits per heavy atom. The minimum atomic E-state index is 0.0135. The second-order valence-corrected chi connectivity index (χ2v) is 8.40. The molecule has 0 saturated heterocycles. The van der Waals surface area contributed by atoms with E-state index in [1.165, 1.54) is 33.4 Å². The maximum atomic E-state index is 6.24. The van der Waals surface area contributed by atoms with Gasteiger partial charge in [0.1, 0.15) is 0 Å². The maximum Gasteiger partial charge on any atom is 0.0712 e. The third kappa shape index (κ3) is 2.30. The highest BCUT2D eigenvalue weighted by Gasteiger charge is 2.45. The van der Waals surface area contributed by atoms with Crippen LogP contribution in [-0.2, 0) is 4.75 Å². The van der Waals surface area contributed by atoms with Crippen molar-refractivity contribution in [2.45, 2.75) is 11.2 Å². The molecule has 0 fully saturated rings. The van der Waals surface area contributed by atoms with E-state index < -0.39 is 0 Å². The van der Waals surface area contributed by atoms with Crippen LogP contribution in [0.15, 0.2) is 78.9 Å². The van der Waals surface area contributed by atoms with Crippen LogP contribution in [0.2, 0.25) is 5.02 Å². The van der Waals surface area contributed by atoms with Crippen LogP contribution in [0.4, 0.5) is 0 Å². The van der Waals surface area contributed by atoms with Crippen LogP contribution >= 0.6 is 23.4 Å². The molecule has 2 heteroatoms. The highest BCUT2D eigenvalue weighted by molar-refractivity contribution is 8.00. The van der Waals surface area contributed by atoms with Crippen LogP contribution in [0, 0.1) is 0 Å². The van der Waals surface area contributed by atoms with Crippen molar-refractivity contribution in [1.82, 2.24) is 0 Å². The fraction of sp³-hybridized carbons (Fsp3) is 0.130. The van der Waals surface area contributed by atoms with Crippen molar-refractivity contribution in [3.63, 3.8) is 0 Å². The first-order valence-corrected chi connectivity index (χ1v) is 9.93. The first-order chi connectivity index (χ1) is 12.3. The Labute approximate surface area is 157 Å². The highest BCUT2D eigenvalue weighted by atomic mass is 35.5. The molecule has 3 aromatic carbocycles. The molecule has 1 aliphatic heterocycles. The topological polar surface area (TPSA) is 0 Å². The summed E-state index contributed by atoms with van der Waals surface area (Å²) in [5, 5.41) is 0.804. The fourth-order valence-corrected chi connectivity index (χ4v) is 5.90. The number of allylic oxidation sites excluding steroid dienone is 1. The van der Waals surface area contributed by atoms with E-state index in [0.29, 0.717) is 0 Å². The van der Waals surface area contributed by atoms with E-state index in [9.17, 15) is 0 Å². The molecule has 0 bridgehead atoms. The molecule has 2 aliphatic rings. The summed E-state index contributed by atoms with van der Waals surface area (Å²) in [4.78, 5) is 0. The maximum absolute atomic E-state index is 6.24. The molecule has 0 nitrogen and oxygen atoms in total. The summed E-state index contributed by atoms with van der Waals surface area (Å²) in [6, 6.07) is 26.0. The van der Waals surface area contributed by atoms with Gasteiger partial charge in [-0.2, -0.15) is 0 Å². The standard InChI is InChI=1S/C23H17ClS/c24-18-7-5-6-16(14-18)17-12-13-25-23(15-17)21-10-3-1-8-19(21)20-9-2-4-11-22(20)23/h1-12,14H,13,15H2. The molecule has 1 spiro atoms. The van der Waals surface area contributed by atoms with Crippen LogP contribution in [0.1, 0.15) is 23.1 Å². The van der Waals surface area contributed by atoms with Crippen LogP contribution < -0.4 is 0 Å². The Morgan fingerprint density at radius 2 is 1.48 bits per heavy atom. The van der Waals surface area contributed by atoms with Crippen LogP contribution in [0.3, 0.4) is 0 Å². The number of hydrogen-bond donors (Lipinski definition) is 0. The highest BCUT2D eigenvalue weighted by Crippen LogP contribution is 2.60. The third-order valence-corrected chi connectivity index (χ3v) is 6.95. The SMILES string of the molecule is Clc1cccc(C2=CCSC3(C2)c2ccccc2-c2ccccc23)c1. The van der Waals surface area contributed by atoms with Crippen molar-refractivity contribution in [1.29, 1.82) is 0 Å². The van der Waals surface area contributed by atoms with Gasteiger partial charge in [0.05, 0.1) is 4.75 Å².